The van der Waals surface area contributed by atoms with Gasteiger partial charge >= 0.3 is 6.03 Å². The van der Waals surface area contributed by atoms with E-state index in [0.29, 0.717) is 43.1 Å². The minimum absolute atomic E-state index is 0.0360. The third kappa shape index (κ3) is 10.6. The Morgan fingerprint density at radius 2 is 1.51 bits per heavy atom. The number of phenols is 1. The van der Waals surface area contributed by atoms with Crippen LogP contribution in [0.2, 0.25) is 0 Å². The number of ether oxygens (including phenoxy) is 3. The largest absolute Gasteiger partial charge is 0.508 e. The normalized spacial score (nSPS) is 17.2. The molecular weight excluding hydrogens is 719 g/mol. The monoisotopic (exact) mass is 765 g/mol. The number of nitrogens with zero attached hydrogens (tertiary/aromatic N) is 1. The number of carbonyl (C=O) groups excluding carboxylic acids is 1. The molecule has 7 rings (SSSR count). The maximum atomic E-state index is 12.9. The van der Waals surface area contributed by atoms with Crippen LogP contribution in [0.25, 0.3) is 11.1 Å². The average molecular weight is 766 g/mol. The van der Waals surface area contributed by atoms with Gasteiger partial charge in [0.1, 0.15) is 17.2 Å². The highest BCUT2D eigenvalue weighted by Crippen LogP contribution is 2.39. The summed E-state index contributed by atoms with van der Waals surface area (Å²) in [5.74, 6) is 1.53. The molecule has 5 N–H and O–H groups in total. The minimum atomic E-state index is -0.780. The van der Waals surface area contributed by atoms with E-state index in [1.165, 1.54) is 0 Å². The predicted octanol–water partition coefficient (Wildman–Crippen LogP) is 8.88. The Labute approximate surface area is 332 Å². The fourth-order valence-corrected chi connectivity index (χ4v) is 6.95. The van der Waals surface area contributed by atoms with E-state index in [1.54, 1.807) is 36.4 Å². The van der Waals surface area contributed by atoms with Crippen LogP contribution < -0.4 is 15.4 Å². The molecule has 292 valence electrons. The summed E-state index contributed by atoms with van der Waals surface area (Å²) in [6.07, 6.45) is -1.31. The van der Waals surface area contributed by atoms with E-state index in [0.717, 1.165) is 39.1 Å². The number of likely N-dealkylation sites (N-methyl/N-ethyl adjacent to an activating group) is 1. The summed E-state index contributed by atoms with van der Waals surface area (Å²) < 4.78 is 19.0. The van der Waals surface area contributed by atoms with Gasteiger partial charge in [-0.3, -0.25) is 0 Å². The van der Waals surface area contributed by atoms with Gasteiger partial charge in [0.15, 0.2) is 6.29 Å². The van der Waals surface area contributed by atoms with Gasteiger partial charge in [-0.1, -0.05) is 103 Å². The number of hydrogen-bond donors (Lipinski definition) is 5. The molecular formula is C47H47N3O7. The molecule has 57 heavy (non-hydrogen) atoms. The molecule has 1 aliphatic rings. The number of phenolic OH excluding ortho intramolecular Hbond substituents is 1. The highest BCUT2D eigenvalue weighted by molar-refractivity contribution is 5.89. The fourth-order valence-electron chi connectivity index (χ4n) is 6.95. The third-order valence-electron chi connectivity index (χ3n) is 9.91. The van der Waals surface area contributed by atoms with E-state index < -0.39 is 12.4 Å². The van der Waals surface area contributed by atoms with Crippen LogP contribution in [0.4, 0.5) is 10.5 Å². The first-order valence-corrected chi connectivity index (χ1v) is 19.0. The van der Waals surface area contributed by atoms with Crippen molar-refractivity contribution in [1.82, 2.24) is 10.2 Å². The van der Waals surface area contributed by atoms with Crippen LogP contribution in [0.1, 0.15) is 52.7 Å². The molecule has 1 aliphatic heterocycles. The molecule has 10 nitrogen and oxygen atoms in total. The van der Waals surface area contributed by atoms with Crippen molar-refractivity contribution >= 4 is 11.7 Å². The number of aliphatic hydroxyl groups excluding tert-OH is 2. The standard InChI is InChI=1S/C47H47N3O7/c1-50(30-44(53)36-9-7-10-39(52)26-36)29-42-27-45(34-16-14-32(31-51)15-17-34)57-46(56-42)35-20-18-33(19-21-35)43-13-6-5-8-37(43)28-48-47(54)49-38-22-24-41(25-23-38)55-40-11-3-2-4-12-40/h2-26,42,44-46,51-53H,27-31H2,1H3,(H2,48,49,54). The summed E-state index contributed by atoms with van der Waals surface area (Å²) in [6.45, 7) is 1.18. The molecule has 1 saturated heterocycles. The zero-order valence-corrected chi connectivity index (χ0v) is 31.7. The van der Waals surface area contributed by atoms with Crippen LogP contribution in [-0.2, 0) is 22.6 Å². The molecule has 2 amide bonds. The molecule has 0 saturated carbocycles. The number of urea groups is 1. The van der Waals surface area contributed by atoms with Gasteiger partial charge in [0.05, 0.1) is 24.9 Å². The van der Waals surface area contributed by atoms with Crippen molar-refractivity contribution in [2.24, 2.45) is 0 Å². The molecule has 4 atom stereocenters. The van der Waals surface area contributed by atoms with E-state index in [-0.39, 0.29) is 30.6 Å². The van der Waals surface area contributed by atoms with E-state index >= 15 is 0 Å². The SMILES string of the molecule is CN(CC1CC(c2ccc(CO)cc2)OC(c2ccc(-c3ccccc3CNC(=O)Nc3ccc(Oc4ccccc4)cc3)cc2)O1)CC(O)c1cccc(O)c1. The second kappa shape index (κ2) is 18.8. The number of carbonyl (C=O) groups is 1. The quantitative estimate of drug-likeness (QED) is 0.0743. The van der Waals surface area contributed by atoms with Crippen LogP contribution in [0, 0.1) is 0 Å². The number of anilines is 1. The molecule has 10 heteroatoms. The molecule has 0 bridgehead atoms. The maximum absolute atomic E-state index is 12.9. The van der Waals surface area contributed by atoms with Crippen LogP contribution in [0.5, 0.6) is 17.2 Å². The van der Waals surface area contributed by atoms with Gasteiger partial charge in [0, 0.05) is 37.3 Å². The molecule has 6 aromatic carbocycles. The zero-order valence-electron chi connectivity index (χ0n) is 31.7. The van der Waals surface area contributed by atoms with Crippen molar-refractivity contribution < 1.29 is 34.3 Å². The summed E-state index contributed by atoms with van der Waals surface area (Å²) >= 11 is 0. The Hall–Kier alpha value is -6.01. The van der Waals surface area contributed by atoms with Crippen molar-refractivity contribution in [3.8, 4) is 28.4 Å². The van der Waals surface area contributed by atoms with Crippen LogP contribution in [0.3, 0.4) is 0 Å². The first-order chi connectivity index (χ1) is 27.8. The van der Waals surface area contributed by atoms with E-state index in [9.17, 15) is 20.1 Å². The molecule has 4 unspecified atom stereocenters. The highest BCUT2D eigenvalue weighted by atomic mass is 16.7. The molecule has 0 aliphatic carbocycles. The lowest BCUT2D eigenvalue weighted by Gasteiger charge is -2.38. The van der Waals surface area contributed by atoms with Gasteiger partial charge in [-0.25, -0.2) is 4.79 Å². The molecule has 0 radical (unpaired) electrons. The lowest BCUT2D eigenvalue weighted by molar-refractivity contribution is -0.252. The van der Waals surface area contributed by atoms with Gasteiger partial charge in [-0.2, -0.15) is 0 Å². The van der Waals surface area contributed by atoms with Crippen LogP contribution in [-0.4, -0.2) is 52.5 Å². The van der Waals surface area contributed by atoms with Crippen LogP contribution in [0.15, 0.2) is 152 Å². The Balaban J connectivity index is 0.999. The van der Waals surface area contributed by atoms with Crippen molar-refractivity contribution in [1.29, 1.82) is 0 Å². The second-order valence-corrected chi connectivity index (χ2v) is 14.2. The first-order valence-electron chi connectivity index (χ1n) is 19.0. The number of nitrogens with one attached hydrogen (secondary N) is 2. The first kappa shape index (κ1) is 39.2. The van der Waals surface area contributed by atoms with Gasteiger partial charge < -0.3 is 45.1 Å². The predicted molar refractivity (Wildman–Crippen MR) is 220 cm³/mol. The molecule has 6 aromatic rings. The summed E-state index contributed by atoms with van der Waals surface area (Å²) in [5.41, 5.74) is 6.89. The van der Waals surface area contributed by atoms with E-state index in [1.807, 2.05) is 127 Å². The third-order valence-corrected chi connectivity index (χ3v) is 9.91. The molecule has 1 fully saturated rings. The summed E-state index contributed by atoms with van der Waals surface area (Å²) in [6, 6.07) is 46.9. The topological polar surface area (TPSA) is 133 Å². The number of para-hydroxylation sites is 1. The number of benzene rings is 6. The average Bonchev–Trinajstić information content (AvgIpc) is 3.24. The van der Waals surface area contributed by atoms with Crippen LogP contribution >= 0.6 is 0 Å². The zero-order chi connectivity index (χ0) is 39.6. The van der Waals surface area contributed by atoms with Gasteiger partial charge in [-0.15, -0.1) is 0 Å². The van der Waals surface area contributed by atoms with E-state index in [4.69, 9.17) is 14.2 Å². The number of amides is 2. The van der Waals surface area contributed by atoms with Crippen molar-refractivity contribution in [3.05, 3.63) is 179 Å². The fraction of sp³-hybridized carbons (Fsp3) is 0.213. The number of hydrogen-bond acceptors (Lipinski definition) is 8. The van der Waals surface area contributed by atoms with Gasteiger partial charge in [0.25, 0.3) is 0 Å². The maximum Gasteiger partial charge on any atom is 0.319 e. The van der Waals surface area contributed by atoms with Crippen molar-refractivity contribution in [2.75, 3.05) is 25.5 Å². The molecule has 1 heterocycles. The lowest BCUT2D eigenvalue weighted by atomic mass is 9.97. The van der Waals surface area contributed by atoms with E-state index in [2.05, 4.69) is 10.6 Å². The van der Waals surface area contributed by atoms with Crippen molar-refractivity contribution in [3.63, 3.8) is 0 Å². The lowest BCUT2D eigenvalue weighted by Crippen LogP contribution is -2.39. The molecule has 0 aromatic heterocycles. The highest BCUT2D eigenvalue weighted by Gasteiger charge is 2.33. The van der Waals surface area contributed by atoms with Gasteiger partial charge in [-0.05, 0) is 89.0 Å². The number of aromatic hydroxyl groups is 1. The number of aliphatic hydroxyl groups is 2. The summed E-state index contributed by atoms with van der Waals surface area (Å²) in [5, 5.41) is 36.3. The van der Waals surface area contributed by atoms with Gasteiger partial charge in [0.2, 0.25) is 0 Å². The van der Waals surface area contributed by atoms with Crippen molar-refractivity contribution in [2.45, 2.75) is 44.2 Å². The smallest absolute Gasteiger partial charge is 0.319 e. The Bertz CT molecular complexity index is 2200. The Morgan fingerprint density at radius 1 is 0.807 bits per heavy atom. The summed E-state index contributed by atoms with van der Waals surface area (Å²) in [7, 11) is 1.94. The summed E-state index contributed by atoms with van der Waals surface area (Å²) in [4.78, 5) is 14.9. The molecule has 0 spiro atoms. The second-order valence-electron chi connectivity index (χ2n) is 14.2. The Kier molecular flexibility index (Phi) is 12.9. The number of rotatable bonds is 14. The Morgan fingerprint density at radius 3 is 2.25 bits per heavy atom. The minimum Gasteiger partial charge on any atom is -0.508 e.